The maximum absolute atomic E-state index is 11.3. The highest BCUT2D eigenvalue weighted by Gasteiger charge is 2.15. The number of Topliss-reactive ketones (excluding diaryl/α,β-unsaturated/α-hetero) is 1. The summed E-state index contributed by atoms with van der Waals surface area (Å²) in [5.74, 6) is 0.779. The molecule has 1 fully saturated rings. The van der Waals surface area contributed by atoms with Crippen LogP contribution in [0, 0.1) is 5.92 Å². The van der Waals surface area contributed by atoms with Crippen molar-refractivity contribution in [1.29, 1.82) is 0 Å². The molecule has 1 aliphatic rings. The van der Waals surface area contributed by atoms with Gasteiger partial charge in [0.25, 0.3) is 0 Å². The number of ketones is 1. The van der Waals surface area contributed by atoms with Gasteiger partial charge >= 0.3 is 0 Å². The molecule has 1 unspecified atom stereocenters. The molecule has 1 heterocycles. The van der Waals surface area contributed by atoms with Gasteiger partial charge in [0, 0.05) is 24.8 Å². The van der Waals surface area contributed by atoms with E-state index in [2.05, 4.69) is 11.8 Å². The predicted octanol–water partition coefficient (Wildman–Crippen LogP) is 3.22. The Hall–Kier alpha value is -1.51. The van der Waals surface area contributed by atoms with Crippen LogP contribution < -0.4 is 4.90 Å². The number of anilines is 1. The van der Waals surface area contributed by atoms with Crippen LogP contribution in [0.4, 0.5) is 5.69 Å². The quantitative estimate of drug-likeness (QED) is 0.816. The molecule has 18 heavy (non-hydrogen) atoms. The van der Waals surface area contributed by atoms with Gasteiger partial charge in [-0.15, -0.1) is 0 Å². The molecule has 2 rings (SSSR count). The number of benzene rings is 1. The summed E-state index contributed by atoms with van der Waals surface area (Å²) in [4.78, 5) is 13.6. The molecule has 0 spiro atoms. The lowest BCUT2D eigenvalue weighted by molar-refractivity contribution is 0.101. The number of aromatic hydroxyl groups is 1. The van der Waals surface area contributed by atoms with Gasteiger partial charge in [-0.2, -0.15) is 0 Å². The summed E-state index contributed by atoms with van der Waals surface area (Å²) in [5.41, 5.74) is 1.42. The van der Waals surface area contributed by atoms with Crippen molar-refractivity contribution in [3.63, 3.8) is 0 Å². The molecule has 3 nitrogen and oxygen atoms in total. The summed E-state index contributed by atoms with van der Waals surface area (Å²) in [5, 5.41) is 9.87. The molecule has 0 amide bonds. The van der Waals surface area contributed by atoms with Gasteiger partial charge in [-0.25, -0.2) is 0 Å². The largest absolute Gasteiger partial charge is 0.507 e. The smallest absolute Gasteiger partial charge is 0.163 e. The van der Waals surface area contributed by atoms with Crippen molar-refractivity contribution in [2.45, 2.75) is 33.1 Å². The third kappa shape index (κ3) is 2.84. The number of phenolic OH excluding ortho intramolecular Hbond substituents is 1. The number of carbonyl (C=O) groups excluding carboxylic acids is 1. The van der Waals surface area contributed by atoms with E-state index < -0.39 is 0 Å². The Labute approximate surface area is 108 Å². The number of nitrogens with zero attached hydrogens (tertiary/aromatic N) is 1. The van der Waals surface area contributed by atoms with Crippen molar-refractivity contribution >= 4 is 11.5 Å². The van der Waals surface area contributed by atoms with E-state index in [1.807, 2.05) is 6.07 Å². The molecule has 1 N–H and O–H groups in total. The first-order chi connectivity index (χ1) is 8.58. The van der Waals surface area contributed by atoms with Crippen LogP contribution in [-0.4, -0.2) is 24.0 Å². The zero-order chi connectivity index (χ0) is 13.1. The van der Waals surface area contributed by atoms with Crippen molar-refractivity contribution < 1.29 is 9.90 Å². The second-order valence-electron chi connectivity index (χ2n) is 5.28. The zero-order valence-corrected chi connectivity index (χ0v) is 11.1. The zero-order valence-electron chi connectivity index (χ0n) is 11.1. The molecule has 98 valence electrons. The number of hydrogen-bond acceptors (Lipinski definition) is 3. The van der Waals surface area contributed by atoms with Crippen molar-refractivity contribution in [3.8, 4) is 5.75 Å². The number of carbonyl (C=O) groups is 1. The molecule has 1 aromatic rings. The number of phenols is 1. The molecule has 0 bridgehead atoms. The second kappa shape index (κ2) is 5.42. The van der Waals surface area contributed by atoms with Crippen LogP contribution in [0.5, 0.6) is 5.75 Å². The second-order valence-corrected chi connectivity index (χ2v) is 5.28. The van der Waals surface area contributed by atoms with E-state index in [1.165, 1.54) is 26.2 Å². The lowest BCUT2D eigenvalue weighted by Gasteiger charge is -2.23. The van der Waals surface area contributed by atoms with Crippen LogP contribution in [0.15, 0.2) is 18.2 Å². The minimum Gasteiger partial charge on any atom is -0.507 e. The Morgan fingerprint density at radius 2 is 2.11 bits per heavy atom. The first-order valence-corrected chi connectivity index (χ1v) is 6.67. The van der Waals surface area contributed by atoms with Gasteiger partial charge in [-0.3, -0.25) is 4.79 Å². The van der Waals surface area contributed by atoms with E-state index in [0.717, 1.165) is 24.7 Å². The van der Waals surface area contributed by atoms with E-state index in [0.29, 0.717) is 5.56 Å². The molecule has 0 aliphatic carbocycles. The topological polar surface area (TPSA) is 40.5 Å². The molecule has 0 aromatic heterocycles. The minimum atomic E-state index is -0.0939. The van der Waals surface area contributed by atoms with Crippen LogP contribution >= 0.6 is 0 Å². The minimum absolute atomic E-state index is 0.0939. The van der Waals surface area contributed by atoms with Gasteiger partial charge in [-0.05, 0) is 44.2 Å². The van der Waals surface area contributed by atoms with Gasteiger partial charge in [0.2, 0.25) is 0 Å². The van der Waals surface area contributed by atoms with Gasteiger partial charge < -0.3 is 10.0 Å². The van der Waals surface area contributed by atoms with Crippen molar-refractivity contribution in [2.24, 2.45) is 5.92 Å². The van der Waals surface area contributed by atoms with Crippen molar-refractivity contribution in [2.75, 3.05) is 18.0 Å². The molecule has 1 saturated heterocycles. The van der Waals surface area contributed by atoms with Crippen LogP contribution in [-0.2, 0) is 0 Å². The Morgan fingerprint density at radius 3 is 2.78 bits per heavy atom. The maximum Gasteiger partial charge on any atom is 0.163 e. The van der Waals surface area contributed by atoms with E-state index in [1.54, 1.807) is 12.1 Å². The molecular weight excluding hydrogens is 226 g/mol. The third-order valence-electron chi connectivity index (χ3n) is 3.74. The monoisotopic (exact) mass is 247 g/mol. The fraction of sp³-hybridized carbons (Fsp3) is 0.533. The van der Waals surface area contributed by atoms with Crippen LogP contribution in [0.3, 0.4) is 0 Å². The highest BCUT2D eigenvalue weighted by atomic mass is 16.3. The standard InChI is InChI=1S/C15H21NO2/c1-11-4-3-8-16(9-7-11)13-5-6-14(12(2)17)15(18)10-13/h5-6,10-11,18H,3-4,7-9H2,1-2H3. The summed E-state index contributed by atoms with van der Waals surface area (Å²) in [6.45, 7) is 5.82. The lowest BCUT2D eigenvalue weighted by Crippen LogP contribution is -2.24. The Morgan fingerprint density at radius 1 is 1.33 bits per heavy atom. The Balaban J connectivity index is 2.18. The fourth-order valence-corrected chi connectivity index (χ4v) is 2.54. The fourth-order valence-electron chi connectivity index (χ4n) is 2.54. The SMILES string of the molecule is CC(=O)c1ccc(N2CCCC(C)CC2)cc1O. The molecular formula is C15H21NO2. The number of hydrogen-bond donors (Lipinski definition) is 1. The average molecular weight is 247 g/mol. The first-order valence-electron chi connectivity index (χ1n) is 6.67. The van der Waals surface area contributed by atoms with E-state index >= 15 is 0 Å². The summed E-state index contributed by atoms with van der Waals surface area (Å²) in [6, 6.07) is 5.38. The van der Waals surface area contributed by atoms with Crippen LogP contribution in [0.25, 0.3) is 0 Å². The van der Waals surface area contributed by atoms with E-state index in [-0.39, 0.29) is 11.5 Å². The normalized spacial score (nSPS) is 20.6. The molecule has 0 saturated carbocycles. The maximum atomic E-state index is 11.3. The van der Waals surface area contributed by atoms with Gasteiger partial charge in [0.1, 0.15) is 5.75 Å². The van der Waals surface area contributed by atoms with Crippen molar-refractivity contribution in [3.05, 3.63) is 23.8 Å². The summed E-state index contributed by atoms with van der Waals surface area (Å²) < 4.78 is 0. The highest BCUT2D eigenvalue weighted by molar-refractivity contribution is 5.97. The van der Waals surface area contributed by atoms with Gasteiger partial charge in [0.15, 0.2) is 5.78 Å². The predicted molar refractivity (Wildman–Crippen MR) is 73.3 cm³/mol. The number of rotatable bonds is 2. The molecule has 3 heteroatoms. The molecule has 1 atom stereocenters. The van der Waals surface area contributed by atoms with E-state index in [9.17, 15) is 9.90 Å². The Bertz CT molecular complexity index is 442. The summed E-state index contributed by atoms with van der Waals surface area (Å²) in [6.07, 6.45) is 3.65. The molecule has 0 radical (unpaired) electrons. The van der Waals surface area contributed by atoms with Crippen molar-refractivity contribution in [1.82, 2.24) is 0 Å². The summed E-state index contributed by atoms with van der Waals surface area (Å²) in [7, 11) is 0. The van der Waals surface area contributed by atoms with Crippen LogP contribution in [0.2, 0.25) is 0 Å². The van der Waals surface area contributed by atoms with Crippen LogP contribution in [0.1, 0.15) is 43.5 Å². The van der Waals surface area contributed by atoms with Gasteiger partial charge in [-0.1, -0.05) is 6.92 Å². The molecule has 1 aromatic carbocycles. The molecule has 1 aliphatic heterocycles. The van der Waals surface area contributed by atoms with E-state index in [4.69, 9.17) is 0 Å². The summed E-state index contributed by atoms with van der Waals surface area (Å²) >= 11 is 0. The first kappa shape index (κ1) is 12.9. The van der Waals surface area contributed by atoms with Gasteiger partial charge in [0.05, 0.1) is 5.56 Å². The Kier molecular flexibility index (Phi) is 3.90. The average Bonchev–Trinajstić information content (AvgIpc) is 2.53. The highest BCUT2D eigenvalue weighted by Crippen LogP contribution is 2.27. The lowest BCUT2D eigenvalue weighted by atomic mass is 10.0. The third-order valence-corrected chi connectivity index (χ3v) is 3.74.